The zero-order valence-corrected chi connectivity index (χ0v) is 12.8. The summed E-state index contributed by atoms with van der Waals surface area (Å²) in [6.07, 6.45) is 3.59. The van der Waals surface area contributed by atoms with Crippen LogP contribution in [-0.2, 0) is 0 Å². The molecule has 2 aromatic rings. The van der Waals surface area contributed by atoms with E-state index in [0.29, 0.717) is 6.04 Å². The minimum Gasteiger partial charge on any atom is -0.364 e. The molecule has 1 nitrogen and oxygen atoms in total. The van der Waals surface area contributed by atoms with Crippen molar-refractivity contribution < 1.29 is 4.39 Å². The number of hydrogen-bond acceptors (Lipinski definition) is 1. The van der Waals surface area contributed by atoms with E-state index in [9.17, 15) is 4.39 Å². The van der Waals surface area contributed by atoms with Crippen LogP contribution in [0.3, 0.4) is 0 Å². The van der Waals surface area contributed by atoms with Crippen LogP contribution < -0.4 is 4.90 Å². The van der Waals surface area contributed by atoms with E-state index in [1.54, 1.807) is 12.1 Å². The fourth-order valence-electron chi connectivity index (χ4n) is 2.93. The summed E-state index contributed by atoms with van der Waals surface area (Å²) in [7, 11) is 0. The molecule has 1 unspecified atom stereocenters. The number of hydrogen-bond donors (Lipinski definition) is 0. The van der Waals surface area contributed by atoms with E-state index in [1.165, 1.54) is 18.4 Å². The largest absolute Gasteiger partial charge is 0.364 e. The van der Waals surface area contributed by atoms with Crippen molar-refractivity contribution in [3.63, 3.8) is 0 Å². The zero-order valence-electron chi connectivity index (χ0n) is 11.2. The highest BCUT2D eigenvalue weighted by Gasteiger charge is 2.24. The molecular formula is C17H17BrFN. The van der Waals surface area contributed by atoms with Gasteiger partial charge in [-0.1, -0.05) is 28.1 Å². The Balaban J connectivity index is 1.93. The Morgan fingerprint density at radius 2 is 1.85 bits per heavy atom. The highest BCUT2D eigenvalue weighted by molar-refractivity contribution is 9.10. The molecule has 0 aliphatic carbocycles. The summed E-state index contributed by atoms with van der Waals surface area (Å²) < 4.78 is 14.2. The van der Waals surface area contributed by atoms with Crippen LogP contribution >= 0.6 is 15.9 Å². The normalized spacial score (nSPS) is 19.1. The Bertz CT molecular complexity index is 582. The average molecular weight is 334 g/mol. The second-order valence-corrected chi connectivity index (χ2v) is 6.15. The lowest BCUT2D eigenvalue weighted by Gasteiger charge is -2.38. The number of piperidine rings is 1. The maximum atomic E-state index is 13.1. The molecule has 104 valence electrons. The topological polar surface area (TPSA) is 3.24 Å². The van der Waals surface area contributed by atoms with Crippen molar-refractivity contribution in [1.82, 2.24) is 0 Å². The van der Waals surface area contributed by atoms with Crippen LogP contribution in [0.4, 0.5) is 10.1 Å². The smallest absolute Gasteiger partial charge is 0.123 e. The molecule has 3 heteroatoms. The van der Waals surface area contributed by atoms with Crippen LogP contribution in [0.5, 0.6) is 0 Å². The Labute approximate surface area is 127 Å². The third-order valence-corrected chi connectivity index (χ3v) is 4.39. The van der Waals surface area contributed by atoms with Crippen molar-refractivity contribution in [2.24, 2.45) is 0 Å². The third kappa shape index (κ3) is 2.88. The van der Waals surface area contributed by atoms with E-state index in [0.717, 1.165) is 23.1 Å². The molecule has 1 atom stereocenters. The predicted molar refractivity (Wildman–Crippen MR) is 84.5 cm³/mol. The molecule has 1 aliphatic rings. The minimum absolute atomic E-state index is 0.176. The molecule has 1 aliphatic heterocycles. The van der Waals surface area contributed by atoms with Crippen molar-refractivity contribution in [2.45, 2.75) is 25.3 Å². The van der Waals surface area contributed by atoms with Crippen molar-refractivity contribution in [3.05, 3.63) is 64.4 Å². The Hall–Kier alpha value is -1.35. The molecule has 1 saturated heterocycles. The maximum absolute atomic E-state index is 13.1. The molecule has 2 aromatic carbocycles. The van der Waals surface area contributed by atoms with Crippen LogP contribution in [0.1, 0.15) is 30.9 Å². The molecule has 0 amide bonds. The van der Waals surface area contributed by atoms with Gasteiger partial charge in [0, 0.05) is 16.7 Å². The van der Waals surface area contributed by atoms with Gasteiger partial charge in [-0.2, -0.15) is 0 Å². The first-order chi connectivity index (χ1) is 9.74. The van der Waals surface area contributed by atoms with Crippen LogP contribution in [0.25, 0.3) is 0 Å². The van der Waals surface area contributed by atoms with E-state index in [2.05, 4.69) is 45.1 Å². The summed E-state index contributed by atoms with van der Waals surface area (Å²) in [6.45, 7) is 1.03. The van der Waals surface area contributed by atoms with Crippen LogP contribution in [0, 0.1) is 5.82 Å². The van der Waals surface area contributed by atoms with Gasteiger partial charge in [-0.3, -0.25) is 0 Å². The second kappa shape index (κ2) is 5.96. The van der Waals surface area contributed by atoms with Gasteiger partial charge in [0.15, 0.2) is 0 Å². The summed E-state index contributed by atoms with van der Waals surface area (Å²) in [5, 5.41) is 0. The van der Waals surface area contributed by atoms with Gasteiger partial charge in [0.25, 0.3) is 0 Å². The van der Waals surface area contributed by atoms with Crippen LogP contribution in [0.15, 0.2) is 53.0 Å². The van der Waals surface area contributed by atoms with Gasteiger partial charge in [-0.25, -0.2) is 4.39 Å². The van der Waals surface area contributed by atoms with Crippen molar-refractivity contribution in [3.8, 4) is 0 Å². The van der Waals surface area contributed by atoms with Gasteiger partial charge in [-0.05, 0) is 61.2 Å². The molecule has 0 bridgehead atoms. The van der Waals surface area contributed by atoms with E-state index in [4.69, 9.17) is 0 Å². The first-order valence-corrected chi connectivity index (χ1v) is 7.81. The Morgan fingerprint density at radius 3 is 2.60 bits per heavy atom. The fraction of sp³-hybridized carbons (Fsp3) is 0.294. The predicted octanol–water partition coefficient (Wildman–Crippen LogP) is 5.32. The SMILES string of the molecule is Fc1ccc(N2CCCCC2c2cccc(Br)c2)cc1. The monoisotopic (exact) mass is 333 g/mol. The van der Waals surface area contributed by atoms with Gasteiger partial charge in [0.2, 0.25) is 0 Å². The lowest BCUT2D eigenvalue weighted by Crippen LogP contribution is -2.33. The molecule has 3 rings (SSSR count). The quantitative estimate of drug-likeness (QED) is 0.718. The maximum Gasteiger partial charge on any atom is 0.123 e. The van der Waals surface area contributed by atoms with Crippen LogP contribution in [0.2, 0.25) is 0 Å². The van der Waals surface area contributed by atoms with Crippen molar-refractivity contribution >= 4 is 21.6 Å². The second-order valence-electron chi connectivity index (χ2n) is 5.24. The summed E-state index contributed by atoms with van der Waals surface area (Å²) in [5.74, 6) is -0.176. The molecule has 0 aromatic heterocycles. The minimum atomic E-state index is -0.176. The standard InChI is InChI=1S/C17H17BrFN/c18-14-5-3-4-13(12-14)17-6-1-2-11-20(17)16-9-7-15(19)8-10-16/h3-5,7-10,12,17H,1-2,6,11H2. The van der Waals surface area contributed by atoms with E-state index >= 15 is 0 Å². The van der Waals surface area contributed by atoms with Crippen molar-refractivity contribution in [1.29, 1.82) is 0 Å². The molecule has 0 radical (unpaired) electrons. The summed E-state index contributed by atoms with van der Waals surface area (Å²) in [5.41, 5.74) is 2.43. The summed E-state index contributed by atoms with van der Waals surface area (Å²) in [6, 6.07) is 15.7. The molecule has 0 saturated carbocycles. The van der Waals surface area contributed by atoms with Crippen molar-refractivity contribution in [2.75, 3.05) is 11.4 Å². The first-order valence-electron chi connectivity index (χ1n) is 7.02. The molecule has 20 heavy (non-hydrogen) atoms. The highest BCUT2D eigenvalue weighted by atomic mass is 79.9. The lowest BCUT2D eigenvalue weighted by molar-refractivity contribution is 0.473. The zero-order chi connectivity index (χ0) is 13.9. The first kappa shape index (κ1) is 13.6. The molecule has 0 N–H and O–H groups in total. The molecule has 1 fully saturated rings. The van der Waals surface area contributed by atoms with Gasteiger partial charge in [0.1, 0.15) is 5.82 Å². The summed E-state index contributed by atoms with van der Waals surface area (Å²) >= 11 is 3.55. The van der Waals surface area contributed by atoms with Gasteiger partial charge in [0.05, 0.1) is 6.04 Å². The lowest BCUT2D eigenvalue weighted by atomic mass is 9.94. The number of rotatable bonds is 2. The van der Waals surface area contributed by atoms with E-state index in [-0.39, 0.29) is 5.82 Å². The van der Waals surface area contributed by atoms with Gasteiger partial charge in [-0.15, -0.1) is 0 Å². The average Bonchev–Trinajstić information content (AvgIpc) is 2.48. The van der Waals surface area contributed by atoms with Gasteiger partial charge < -0.3 is 4.90 Å². The Morgan fingerprint density at radius 1 is 1.05 bits per heavy atom. The number of halogens is 2. The molecular weight excluding hydrogens is 317 g/mol. The van der Waals surface area contributed by atoms with Gasteiger partial charge >= 0.3 is 0 Å². The van der Waals surface area contributed by atoms with Crippen LogP contribution in [-0.4, -0.2) is 6.54 Å². The Kier molecular flexibility index (Phi) is 4.06. The molecule has 0 spiro atoms. The number of anilines is 1. The molecule has 1 heterocycles. The third-order valence-electron chi connectivity index (χ3n) is 3.89. The fourth-order valence-corrected chi connectivity index (χ4v) is 3.35. The summed E-state index contributed by atoms with van der Waals surface area (Å²) in [4.78, 5) is 2.39. The highest BCUT2D eigenvalue weighted by Crippen LogP contribution is 2.35. The number of nitrogens with zero attached hydrogens (tertiary/aromatic N) is 1. The number of benzene rings is 2. The van der Waals surface area contributed by atoms with E-state index < -0.39 is 0 Å². The van der Waals surface area contributed by atoms with E-state index in [1.807, 2.05) is 12.1 Å².